The molecule has 3 nitrogen and oxygen atoms in total. The first kappa shape index (κ1) is 9.75. The van der Waals surface area contributed by atoms with E-state index in [1.807, 2.05) is 12.1 Å². The summed E-state index contributed by atoms with van der Waals surface area (Å²) in [6.45, 7) is 1.70. The number of rotatable bonds is 1. The predicted octanol–water partition coefficient (Wildman–Crippen LogP) is 3.18. The van der Waals surface area contributed by atoms with Gasteiger partial charge in [0.2, 0.25) is 0 Å². The van der Waals surface area contributed by atoms with Crippen LogP contribution in [0.15, 0.2) is 28.8 Å². The monoisotopic (exact) mass is 218 g/mol. The fraction of sp³-hybridized carbons (Fsp3) is 0.0909. The first-order valence-corrected chi connectivity index (χ1v) is 4.73. The Morgan fingerprint density at radius 3 is 2.80 bits per heavy atom. The summed E-state index contributed by atoms with van der Waals surface area (Å²) in [5.41, 5.74) is 1.65. The highest BCUT2D eigenvalue weighted by Crippen LogP contribution is 2.30. The Labute approximate surface area is 91.9 Å². The van der Waals surface area contributed by atoms with Crippen molar-refractivity contribution in [3.05, 3.63) is 40.6 Å². The molecule has 15 heavy (non-hydrogen) atoms. The van der Waals surface area contributed by atoms with Crippen molar-refractivity contribution in [1.29, 1.82) is 5.26 Å². The largest absolute Gasteiger partial charge is 0.360 e. The van der Waals surface area contributed by atoms with Crippen LogP contribution in [0.1, 0.15) is 11.3 Å². The summed E-state index contributed by atoms with van der Waals surface area (Å²) in [5.74, 6) is 0.507. The molecular weight excluding hydrogens is 212 g/mol. The molecule has 0 aliphatic heterocycles. The van der Waals surface area contributed by atoms with Crippen molar-refractivity contribution in [2.24, 2.45) is 0 Å². The van der Waals surface area contributed by atoms with Crippen molar-refractivity contribution in [1.82, 2.24) is 5.16 Å². The topological polar surface area (TPSA) is 49.8 Å². The zero-order valence-electron chi connectivity index (χ0n) is 7.99. The van der Waals surface area contributed by atoms with Crippen LogP contribution in [0.4, 0.5) is 0 Å². The van der Waals surface area contributed by atoms with Crippen molar-refractivity contribution < 1.29 is 4.52 Å². The highest BCUT2D eigenvalue weighted by atomic mass is 35.5. The van der Waals surface area contributed by atoms with Gasteiger partial charge >= 0.3 is 0 Å². The molecule has 0 unspecified atom stereocenters. The van der Waals surface area contributed by atoms with Crippen LogP contribution in [-0.4, -0.2) is 5.16 Å². The Morgan fingerprint density at radius 2 is 2.13 bits per heavy atom. The van der Waals surface area contributed by atoms with E-state index in [2.05, 4.69) is 11.2 Å². The molecule has 1 heterocycles. The van der Waals surface area contributed by atoms with Gasteiger partial charge in [0, 0.05) is 5.56 Å². The van der Waals surface area contributed by atoms with E-state index in [-0.39, 0.29) is 0 Å². The summed E-state index contributed by atoms with van der Waals surface area (Å²) < 4.78 is 4.96. The minimum atomic E-state index is 0.433. The summed E-state index contributed by atoms with van der Waals surface area (Å²) in [4.78, 5) is 0. The molecule has 0 spiro atoms. The highest BCUT2D eigenvalue weighted by Gasteiger charge is 2.15. The molecule has 0 fully saturated rings. The number of hydrogen-bond donors (Lipinski definition) is 0. The van der Waals surface area contributed by atoms with Gasteiger partial charge < -0.3 is 4.52 Å². The summed E-state index contributed by atoms with van der Waals surface area (Å²) in [6, 6.07) is 9.28. The Kier molecular flexibility index (Phi) is 2.44. The molecule has 0 amide bonds. The lowest BCUT2D eigenvalue weighted by molar-refractivity contribution is 0.399. The molecule has 0 atom stereocenters. The normalized spacial score (nSPS) is 9.93. The molecule has 2 aromatic rings. The lowest BCUT2D eigenvalue weighted by Crippen LogP contribution is -1.83. The van der Waals surface area contributed by atoms with Gasteiger partial charge in [0.25, 0.3) is 0 Å². The van der Waals surface area contributed by atoms with Crippen molar-refractivity contribution in [2.75, 3.05) is 0 Å². The van der Waals surface area contributed by atoms with Crippen LogP contribution in [-0.2, 0) is 0 Å². The Bertz CT molecular complexity index is 540. The van der Waals surface area contributed by atoms with Gasteiger partial charge in [-0.3, -0.25) is 0 Å². The standard InChI is InChI=1S/C11H7ClN2O/c1-7-9(6-13)11(14-15-7)8-4-2-3-5-10(8)12/h2-5H,1H3. The number of aryl methyl sites for hydroxylation is 1. The van der Waals surface area contributed by atoms with E-state index in [9.17, 15) is 0 Å². The minimum Gasteiger partial charge on any atom is -0.360 e. The second kappa shape index (κ2) is 3.76. The van der Waals surface area contributed by atoms with Crippen LogP contribution in [0.5, 0.6) is 0 Å². The minimum absolute atomic E-state index is 0.433. The zero-order valence-corrected chi connectivity index (χ0v) is 8.75. The number of nitrogens with zero attached hydrogens (tertiary/aromatic N) is 2. The number of nitriles is 1. The smallest absolute Gasteiger partial charge is 0.152 e. The SMILES string of the molecule is Cc1onc(-c2ccccc2Cl)c1C#N. The quantitative estimate of drug-likeness (QED) is 0.739. The van der Waals surface area contributed by atoms with E-state index < -0.39 is 0 Å². The third kappa shape index (κ3) is 1.60. The van der Waals surface area contributed by atoms with Crippen LogP contribution in [0.2, 0.25) is 5.02 Å². The predicted molar refractivity (Wildman–Crippen MR) is 56.4 cm³/mol. The van der Waals surface area contributed by atoms with E-state index in [4.69, 9.17) is 21.4 Å². The van der Waals surface area contributed by atoms with Gasteiger partial charge in [-0.2, -0.15) is 5.26 Å². The zero-order chi connectivity index (χ0) is 10.8. The lowest BCUT2D eigenvalue weighted by atomic mass is 10.1. The Hall–Kier alpha value is -1.79. The Balaban J connectivity index is 2.66. The van der Waals surface area contributed by atoms with E-state index in [1.54, 1.807) is 19.1 Å². The van der Waals surface area contributed by atoms with E-state index >= 15 is 0 Å². The molecule has 0 aliphatic carbocycles. The number of aromatic nitrogens is 1. The van der Waals surface area contributed by atoms with Crippen LogP contribution in [0.25, 0.3) is 11.3 Å². The van der Waals surface area contributed by atoms with Crippen molar-refractivity contribution in [3.8, 4) is 17.3 Å². The molecule has 0 saturated carbocycles. The second-order valence-electron chi connectivity index (χ2n) is 3.05. The molecule has 1 aromatic heterocycles. The molecule has 0 radical (unpaired) electrons. The van der Waals surface area contributed by atoms with Gasteiger partial charge in [-0.1, -0.05) is 35.0 Å². The van der Waals surface area contributed by atoms with Gasteiger partial charge in [-0.15, -0.1) is 0 Å². The van der Waals surface area contributed by atoms with E-state index in [0.29, 0.717) is 27.6 Å². The van der Waals surface area contributed by atoms with Gasteiger partial charge in [-0.25, -0.2) is 0 Å². The molecular formula is C11H7ClN2O. The number of benzene rings is 1. The number of hydrogen-bond acceptors (Lipinski definition) is 3. The summed E-state index contributed by atoms with van der Waals surface area (Å²) >= 11 is 6.01. The summed E-state index contributed by atoms with van der Waals surface area (Å²) in [5, 5.41) is 13.3. The van der Waals surface area contributed by atoms with Gasteiger partial charge in [0.1, 0.15) is 17.3 Å². The van der Waals surface area contributed by atoms with Crippen LogP contribution >= 0.6 is 11.6 Å². The fourth-order valence-electron chi connectivity index (χ4n) is 1.34. The maximum absolute atomic E-state index is 8.95. The first-order valence-electron chi connectivity index (χ1n) is 4.35. The molecule has 0 aliphatic rings. The van der Waals surface area contributed by atoms with Crippen molar-refractivity contribution in [2.45, 2.75) is 6.92 Å². The molecule has 2 rings (SSSR count). The fourth-order valence-corrected chi connectivity index (χ4v) is 1.57. The van der Waals surface area contributed by atoms with Crippen molar-refractivity contribution in [3.63, 3.8) is 0 Å². The van der Waals surface area contributed by atoms with E-state index in [0.717, 1.165) is 0 Å². The van der Waals surface area contributed by atoms with Crippen LogP contribution in [0.3, 0.4) is 0 Å². The summed E-state index contributed by atoms with van der Waals surface area (Å²) in [7, 11) is 0. The molecule has 74 valence electrons. The molecule has 1 aromatic carbocycles. The van der Waals surface area contributed by atoms with E-state index in [1.165, 1.54) is 0 Å². The average molecular weight is 219 g/mol. The third-order valence-electron chi connectivity index (χ3n) is 2.10. The highest BCUT2D eigenvalue weighted by molar-refractivity contribution is 6.33. The first-order chi connectivity index (χ1) is 7.24. The molecule has 0 N–H and O–H groups in total. The van der Waals surface area contributed by atoms with Crippen LogP contribution in [0, 0.1) is 18.3 Å². The van der Waals surface area contributed by atoms with Crippen LogP contribution < -0.4 is 0 Å². The average Bonchev–Trinajstić information content (AvgIpc) is 2.60. The molecule has 0 saturated heterocycles. The van der Waals surface area contributed by atoms with Gasteiger partial charge in [0.05, 0.1) is 5.02 Å². The second-order valence-corrected chi connectivity index (χ2v) is 3.46. The molecule has 4 heteroatoms. The Morgan fingerprint density at radius 1 is 1.40 bits per heavy atom. The maximum Gasteiger partial charge on any atom is 0.152 e. The van der Waals surface area contributed by atoms with Gasteiger partial charge in [-0.05, 0) is 13.0 Å². The molecule has 0 bridgehead atoms. The maximum atomic E-state index is 8.95. The number of halogens is 1. The van der Waals surface area contributed by atoms with Gasteiger partial charge in [0.15, 0.2) is 5.76 Å². The third-order valence-corrected chi connectivity index (χ3v) is 2.43. The van der Waals surface area contributed by atoms with Crippen molar-refractivity contribution >= 4 is 11.6 Å². The summed E-state index contributed by atoms with van der Waals surface area (Å²) in [6.07, 6.45) is 0. The lowest BCUT2D eigenvalue weighted by Gasteiger charge is -1.98.